The molecular weight excluding hydrogens is 240 g/mol. The van der Waals surface area contributed by atoms with Gasteiger partial charge in [0.15, 0.2) is 0 Å². The molecule has 1 heterocycles. The van der Waals surface area contributed by atoms with E-state index < -0.39 is 0 Å². The fraction of sp³-hybridized carbons (Fsp3) is 0.333. The Morgan fingerprint density at radius 2 is 2.00 bits per heavy atom. The van der Waals surface area contributed by atoms with Crippen LogP contribution in [0.25, 0.3) is 10.8 Å². The predicted molar refractivity (Wildman–Crippen MR) is 76.4 cm³/mol. The highest BCUT2D eigenvalue weighted by atomic mass is 16.2. The number of fused-ring (bicyclic) bond motifs is 1. The topological polar surface area (TPSA) is 62.0 Å². The monoisotopic (exact) mass is 258 g/mol. The average molecular weight is 258 g/mol. The zero-order chi connectivity index (χ0) is 14.0. The van der Waals surface area contributed by atoms with Gasteiger partial charge in [-0.15, -0.1) is 0 Å². The Balaban J connectivity index is 2.41. The highest BCUT2D eigenvalue weighted by Gasteiger charge is 2.19. The molecule has 4 nitrogen and oxygen atoms in total. The summed E-state index contributed by atoms with van der Waals surface area (Å²) in [5, 5.41) is 4.27. The molecule has 0 spiro atoms. The van der Waals surface area contributed by atoms with Crippen LogP contribution in [0.1, 0.15) is 37.7 Å². The highest BCUT2D eigenvalue weighted by Crippen LogP contribution is 2.12. The number of benzene rings is 1. The van der Waals surface area contributed by atoms with Crippen LogP contribution in [0.4, 0.5) is 0 Å². The van der Waals surface area contributed by atoms with Gasteiger partial charge >= 0.3 is 0 Å². The Kier molecular flexibility index (Phi) is 3.42. The lowest BCUT2D eigenvalue weighted by Gasteiger charge is -2.24. The lowest BCUT2D eigenvalue weighted by Crippen LogP contribution is -2.43. The van der Waals surface area contributed by atoms with E-state index >= 15 is 0 Å². The van der Waals surface area contributed by atoms with Gasteiger partial charge < -0.3 is 10.3 Å². The predicted octanol–water partition coefficient (Wildman–Crippen LogP) is 2.45. The molecule has 1 aromatic carbocycles. The van der Waals surface area contributed by atoms with Crippen LogP contribution >= 0.6 is 0 Å². The summed E-state index contributed by atoms with van der Waals surface area (Å²) < 4.78 is 0. The van der Waals surface area contributed by atoms with Crippen LogP contribution in [0, 0.1) is 0 Å². The van der Waals surface area contributed by atoms with Crippen molar-refractivity contribution in [3.63, 3.8) is 0 Å². The standard InChI is InChI=1S/C15H18N2O2/c1-4-15(2,3)17-14(19)12-9-10-7-5-6-8-11(10)13(18)16-12/h5-9H,4H2,1-3H3,(H,16,18)(H,17,19). The Morgan fingerprint density at radius 3 is 2.68 bits per heavy atom. The van der Waals surface area contributed by atoms with Crippen molar-refractivity contribution in [1.29, 1.82) is 0 Å². The first-order valence-corrected chi connectivity index (χ1v) is 6.37. The molecule has 0 aliphatic heterocycles. The Hall–Kier alpha value is -2.10. The summed E-state index contributed by atoms with van der Waals surface area (Å²) in [6.45, 7) is 5.90. The molecule has 100 valence electrons. The van der Waals surface area contributed by atoms with Gasteiger partial charge in [0.25, 0.3) is 11.5 Å². The lowest BCUT2D eigenvalue weighted by molar-refractivity contribution is 0.0906. The molecule has 0 radical (unpaired) electrons. The maximum Gasteiger partial charge on any atom is 0.268 e. The molecule has 2 N–H and O–H groups in total. The van der Waals surface area contributed by atoms with Crippen LogP contribution in [0.3, 0.4) is 0 Å². The third-order valence-electron chi connectivity index (χ3n) is 3.33. The van der Waals surface area contributed by atoms with Gasteiger partial charge in [0.05, 0.1) is 0 Å². The van der Waals surface area contributed by atoms with Gasteiger partial charge in [0.2, 0.25) is 0 Å². The van der Waals surface area contributed by atoms with Crippen LogP contribution in [0.5, 0.6) is 0 Å². The van der Waals surface area contributed by atoms with Crippen LogP contribution in [-0.2, 0) is 0 Å². The first-order chi connectivity index (χ1) is 8.93. The molecule has 0 aliphatic rings. The first-order valence-electron chi connectivity index (χ1n) is 6.37. The van der Waals surface area contributed by atoms with Gasteiger partial charge in [-0.2, -0.15) is 0 Å². The maximum atomic E-state index is 12.1. The number of amides is 1. The van der Waals surface area contributed by atoms with Gasteiger partial charge in [-0.3, -0.25) is 9.59 Å². The number of carbonyl (C=O) groups excluding carboxylic acids is 1. The van der Waals surface area contributed by atoms with E-state index in [4.69, 9.17) is 0 Å². The number of nitrogens with one attached hydrogen (secondary N) is 2. The second-order valence-electron chi connectivity index (χ2n) is 5.29. The minimum atomic E-state index is -0.292. The smallest absolute Gasteiger partial charge is 0.268 e. The summed E-state index contributed by atoms with van der Waals surface area (Å²) >= 11 is 0. The van der Waals surface area contributed by atoms with E-state index in [1.54, 1.807) is 18.2 Å². The van der Waals surface area contributed by atoms with Crippen molar-refractivity contribution in [1.82, 2.24) is 10.3 Å². The molecule has 0 unspecified atom stereocenters. The second kappa shape index (κ2) is 4.88. The third-order valence-corrected chi connectivity index (χ3v) is 3.33. The molecule has 1 amide bonds. The number of rotatable bonds is 3. The number of aromatic amines is 1. The SMILES string of the molecule is CCC(C)(C)NC(=O)c1cc2ccccc2c(=O)[nH]1. The lowest BCUT2D eigenvalue weighted by atomic mass is 10.0. The summed E-state index contributed by atoms with van der Waals surface area (Å²) in [7, 11) is 0. The van der Waals surface area contributed by atoms with E-state index in [1.807, 2.05) is 32.9 Å². The highest BCUT2D eigenvalue weighted by molar-refractivity contribution is 5.96. The summed E-state index contributed by atoms with van der Waals surface area (Å²) in [6, 6.07) is 8.92. The van der Waals surface area contributed by atoms with Gasteiger partial charge in [0.1, 0.15) is 5.69 Å². The summed E-state index contributed by atoms with van der Waals surface area (Å²) in [4.78, 5) is 26.7. The first kappa shape index (κ1) is 13.3. The van der Waals surface area contributed by atoms with Crippen molar-refractivity contribution in [2.45, 2.75) is 32.7 Å². The zero-order valence-electron chi connectivity index (χ0n) is 11.4. The van der Waals surface area contributed by atoms with Crippen LogP contribution in [-0.4, -0.2) is 16.4 Å². The molecule has 2 rings (SSSR count). The van der Waals surface area contributed by atoms with Crippen LogP contribution in [0.2, 0.25) is 0 Å². The molecule has 19 heavy (non-hydrogen) atoms. The van der Waals surface area contributed by atoms with E-state index in [-0.39, 0.29) is 17.0 Å². The van der Waals surface area contributed by atoms with E-state index in [0.717, 1.165) is 11.8 Å². The van der Waals surface area contributed by atoms with Gasteiger partial charge in [-0.1, -0.05) is 25.1 Å². The van der Waals surface area contributed by atoms with E-state index in [2.05, 4.69) is 10.3 Å². The Bertz CT molecular complexity index is 671. The molecule has 0 atom stereocenters. The molecule has 0 fully saturated rings. The molecule has 1 aromatic heterocycles. The number of H-pyrrole nitrogens is 1. The molecule has 0 saturated carbocycles. The fourth-order valence-corrected chi connectivity index (χ4v) is 1.80. The zero-order valence-corrected chi connectivity index (χ0v) is 11.4. The number of pyridine rings is 1. The molecule has 2 aromatic rings. The number of aromatic nitrogens is 1. The molecular formula is C15H18N2O2. The van der Waals surface area contributed by atoms with Crippen LogP contribution < -0.4 is 10.9 Å². The minimum absolute atomic E-state index is 0.238. The van der Waals surface area contributed by atoms with Crippen molar-refractivity contribution in [2.24, 2.45) is 0 Å². The maximum absolute atomic E-state index is 12.1. The van der Waals surface area contributed by atoms with Gasteiger partial charge in [-0.05, 0) is 37.8 Å². The molecule has 0 bridgehead atoms. The van der Waals surface area contributed by atoms with E-state index in [1.165, 1.54) is 0 Å². The van der Waals surface area contributed by atoms with Crippen molar-refractivity contribution < 1.29 is 4.79 Å². The third kappa shape index (κ3) is 2.84. The van der Waals surface area contributed by atoms with Crippen LogP contribution in [0.15, 0.2) is 35.1 Å². The van der Waals surface area contributed by atoms with Gasteiger partial charge in [0, 0.05) is 10.9 Å². The Morgan fingerprint density at radius 1 is 1.32 bits per heavy atom. The number of hydrogen-bond acceptors (Lipinski definition) is 2. The van der Waals surface area contributed by atoms with E-state index in [9.17, 15) is 9.59 Å². The normalized spacial score (nSPS) is 11.5. The molecule has 4 heteroatoms. The fourth-order valence-electron chi connectivity index (χ4n) is 1.80. The second-order valence-corrected chi connectivity index (χ2v) is 5.29. The number of carbonyl (C=O) groups is 1. The summed E-state index contributed by atoms with van der Waals surface area (Å²) in [5.41, 5.74) is -0.234. The van der Waals surface area contributed by atoms with Crippen molar-refractivity contribution >= 4 is 16.7 Å². The van der Waals surface area contributed by atoms with Gasteiger partial charge in [-0.25, -0.2) is 0 Å². The quantitative estimate of drug-likeness (QED) is 0.888. The summed E-state index contributed by atoms with van der Waals surface area (Å²) in [5.74, 6) is -0.255. The van der Waals surface area contributed by atoms with Crippen molar-refractivity contribution in [2.75, 3.05) is 0 Å². The Labute approximate surface area is 111 Å². The van der Waals surface area contributed by atoms with Crippen molar-refractivity contribution in [3.8, 4) is 0 Å². The van der Waals surface area contributed by atoms with E-state index in [0.29, 0.717) is 11.1 Å². The summed E-state index contributed by atoms with van der Waals surface area (Å²) in [6.07, 6.45) is 0.816. The molecule has 0 aliphatic carbocycles. The largest absolute Gasteiger partial charge is 0.346 e. The number of hydrogen-bond donors (Lipinski definition) is 2. The minimum Gasteiger partial charge on any atom is -0.346 e. The van der Waals surface area contributed by atoms with Crippen molar-refractivity contribution in [3.05, 3.63) is 46.4 Å². The molecule has 0 saturated heterocycles. The average Bonchev–Trinajstić information content (AvgIpc) is 2.38.